The third-order valence-corrected chi connectivity index (χ3v) is 3.94. The van der Waals surface area contributed by atoms with Crippen LogP contribution in [0.5, 0.6) is 0 Å². The molecule has 2 nitrogen and oxygen atoms in total. The predicted octanol–water partition coefficient (Wildman–Crippen LogP) is 2.72. The lowest BCUT2D eigenvalue weighted by Crippen LogP contribution is -2.40. The molecule has 1 saturated carbocycles. The standard InChI is InChI=1S/C13H25NO/c1-2-14-12(13-8-5-9-15-13)10-11-6-3-4-7-11/h11-14H,2-10H2,1H3. The average Bonchev–Trinajstić information content (AvgIpc) is 2.89. The topological polar surface area (TPSA) is 21.3 Å². The summed E-state index contributed by atoms with van der Waals surface area (Å²) in [6.45, 7) is 4.27. The normalized spacial score (nSPS) is 29.8. The van der Waals surface area contributed by atoms with E-state index < -0.39 is 0 Å². The number of ether oxygens (including phenoxy) is 1. The van der Waals surface area contributed by atoms with Crippen LogP contribution >= 0.6 is 0 Å². The van der Waals surface area contributed by atoms with E-state index in [9.17, 15) is 0 Å². The summed E-state index contributed by atoms with van der Waals surface area (Å²) in [7, 11) is 0. The maximum absolute atomic E-state index is 5.82. The van der Waals surface area contributed by atoms with Gasteiger partial charge in [0, 0.05) is 12.6 Å². The molecule has 0 spiro atoms. The first-order valence-electron chi connectivity index (χ1n) is 6.75. The Labute approximate surface area is 93.8 Å². The van der Waals surface area contributed by atoms with Gasteiger partial charge in [-0.2, -0.15) is 0 Å². The number of nitrogens with one attached hydrogen (secondary N) is 1. The van der Waals surface area contributed by atoms with Gasteiger partial charge in [-0.3, -0.25) is 0 Å². The lowest BCUT2D eigenvalue weighted by atomic mass is 9.94. The monoisotopic (exact) mass is 211 g/mol. The molecule has 0 radical (unpaired) electrons. The van der Waals surface area contributed by atoms with Crippen LogP contribution in [-0.2, 0) is 4.74 Å². The van der Waals surface area contributed by atoms with E-state index in [4.69, 9.17) is 4.74 Å². The van der Waals surface area contributed by atoms with Gasteiger partial charge in [0.2, 0.25) is 0 Å². The first kappa shape index (κ1) is 11.4. The Morgan fingerprint density at radius 3 is 2.60 bits per heavy atom. The van der Waals surface area contributed by atoms with Gasteiger partial charge in [0.25, 0.3) is 0 Å². The highest BCUT2D eigenvalue weighted by Gasteiger charge is 2.28. The van der Waals surface area contributed by atoms with E-state index in [2.05, 4.69) is 12.2 Å². The average molecular weight is 211 g/mol. The van der Waals surface area contributed by atoms with Crippen molar-refractivity contribution in [3.8, 4) is 0 Å². The van der Waals surface area contributed by atoms with Crippen LogP contribution in [0.15, 0.2) is 0 Å². The largest absolute Gasteiger partial charge is 0.377 e. The minimum Gasteiger partial charge on any atom is -0.377 e. The number of hydrogen-bond donors (Lipinski definition) is 1. The Kier molecular flexibility index (Phi) is 4.45. The van der Waals surface area contributed by atoms with Crippen molar-refractivity contribution in [1.29, 1.82) is 0 Å². The van der Waals surface area contributed by atoms with Gasteiger partial charge in [0.05, 0.1) is 6.10 Å². The molecule has 0 bridgehead atoms. The third kappa shape index (κ3) is 3.18. The van der Waals surface area contributed by atoms with Crippen molar-refractivity contribution in [2.24, 2.45) is 5.92 Å². The van der Waals surface area contributed by atoms with Crippen LogP contribution in [0.4, 0.5) is 0 Å². The predicted molar refractivity (Wildman–Crippen MR) is 63.0 cm³/mol. The van der Waals surface area contributed by atoms with Crippen molar-refractivity contribution < 1.29 is 4.74 Å². The molecule has 1 N–H and O–H groups in total. The van der Waals surface area contributed by atoms with Crippen LogP contribution in [-0.4, -0.2) is 25.3 Å². The molecule has 0 aromatic rings. The van der Waals surface area contributed by atoms with Gasteiger partial charge in [0.1, 0.15) is 0 Å². The second kappa shape index (κ2) is 5.86. The van der Waals surface area contributed by atoms with Crippen LogP contribution in [0, 0.1) is 5.92 Å². The fraction of sp³-hybridized carbons (Fsp3) is 1.00. The zero-order valence-electron chi connectivity index (χ0n) is 10.0. The van der Waals surface area contributed by atoms with E-state index in [0.29, 0.717) is 12.1 Å². The lowest BCUT2D eigenvalue weighted by Gasteiger charge is -2.26. The Hall–Kier alpha value is -0.0800. The van der Waals surface area contributed by atoms with Gasteiger partial charge < -0.3 is 10.1 Å². The zero-order chi connectivity index (χ0) is 10.5. The highest BCUT2D eigenvalue weighted by Crippen LogP contribution is 2.31. The molecule has 2 aliphatic rings. The Bertz CT molecular complexity index is 171. The summed E-state index contributed by atoms with van der Waals surface area (Å²) in [5.74, 6) is 0.971. The molecule has 1 saturated heterocycles. The molecule has 2 heteroatoms. The van der Waals surface area contributed by atoms with Gasteiger partial charge in [-0.25, -0.2) is 0 Å². The van der Waals surface area contributed by atoms with E-state index >= 15 is 0 Å². The molecular weight excluding hydrogens is 186 g/mol. The summed E-state index contributed by atoms with van der Waals surface area (Å²) in [4.78, 5) is 0. The van der Waals surface area contributed by atoms with Crippen LogP contribution in [0.25, 0.3) is 0 Å². The SMILES string of the molecule is CCNC(CC1CCCC1)C1CCCO1. The van der Waals surface area contributed by atoms with Crippen molar-refractivity contribution in [3.05, 3.63) is 0 Å². The molecule has 1 aliphatic heterocycles. The highest BCUT2D eigenvalue weighted by molar-refractivity contribution is 4.83. The van der Waals surface area contributed by atoms with Crippen LogP contribution in [0.2, 0.25) is 0 Å². The quantitative estimate of drug-likeness (QED) is 0.755. The first-order valence-corrected chi connectivity index (χ1v) is 6.75. The van der Waals surface area contributed by atoms with Crippen molar-refractivity contribution in [2.45, 2.75) is 64.0 Å². The van der Waals surface area contributed by atoms with Gasteiger partial charge in [-0.05, 0) is 31.7 Å². The van der Waals surface area contributed by atoms with E-state index in [1.54, 1.807) is 0 Å². The first-order chi connectivity index (χ1) is 7.40. The molecule has 2 unspecified atom stereocenters. The third-order valence-electron chi connectivity index (χ3n) is 3.94. The van der Waals surface area contributed by atoms with Gasteiger partial charge >= 0.3 is 0 Å². The van der Waals surface area contributed by atoms with Crippen molar-refractivity contribution in [2.75, 3.05) is 13.2 Å². The lowest BCUT2D eigenvalue weighted by molar-refractivity contribution is 0.0706. The Balaban J connectivity index is 1.81. The van der Waals surface area contributed by atoms with Gasteiger partial charge in [-0.1, -0.05) is 32.6 Å². The summed E-state index contributed by atoms with van der Waals surface area (Å²) < 4.78 is 5.82. The van der Waals surface area contributed by atoms with E-state index in [1.165, 1.54) is 44.9 Å². The molecule has 1 aliphatic carbocycles. The summed E-state index contributed by atoms with van der Waals surface area (Å²) in [5, 5.41) is 3.63. The fourth-order valence-corrected chi connectivity index (χ4v) is 3.15. The molecule has 1 heterocycles. The maximum atomic E-state index is 5.82. The summed E-state index contributed by atoms with van der Waals surface area (Å²) in [5.41, 5.74) is 0. The van der Waals surface area contributed by atoms with Crippen molar-refractivity contribution in [3.63, 3.8) is 0 Å². The summed E-state index contributed by atoms with van der Waals surface area (Å²) in [6.07, 6.45) is 10.2. The Morgan fingerprint density at radius 2 is 2.00 bits per heavy atom. The van der Waals surface area contributed by atoms with Gasteiger partial charge in [0.15, 0.2) is 0 Å². The summed E-state index contributed by atoms with van der Waals surface area (Å²) in [6, 6.07) is 0.626. The van der Waals surface area contributed by atoms with Gasteiger partial charge in [-0.15, -0.1) is 0 Å². The molecule has 0 amide bonds. The van der Waals surface area contributed by atoms with Crippen LogP contribution in [0.1, 0.15) is 51.9 Å². The van der Waals surface area contributed by atoms with E-state index in [0.717, 1.165) is 19.1 Å². The molecule has 0 aromatic heterocycles. The second-order valence-corrected chi connectivity index (χ2v) is 5.10. The fourth-order valence-electron chi connectivity index (χ4n) is 3.15. The maximum Gasteiger partial charge on any atom is 0.0728 e. The highest BCUT2D eigenvalue weighted by atomic mass is 16.5. The molecule has 0 aromatic carbocycles. The van der Waals surface area contributed by atoms with E-state index in [1.807, 2.05) is 0 Å². The number of hydrogen-bond acceptors (Lipinski definition) is 2. The van der Waals surface area contributed by atoms with Crippen LogP contribution in [0.3, 0.4) is 0 Å². The minimum absolute atomic E-state index is 0.505. The molecule has 2 rings (SSSR count). The molecule has 15 heavy (non-hydrogen) atoms. The smallest absolute Gasteiger partial charge is 0.0728 e. The van der Waals surface area contributed by atoms with Crippen molar-refractivity contribution >= 4 is 0 Å². The van der Waals surface area contributed by atoms with Crippen LogP contribution < -0.4 is 5.32 Å². The zero-order valence-corrected chi connectivity index (χ0v) is 10.0. The molecule has 88 valence electrons. The number of likely N-dealkylation sites (N-methyl/N-ethyl adjacent to an activating group) is 1. The molecule has 2 atom stereocenters. The summed E-state index contributed by atoms with van der Waals surface area (Å²) >= 11 is 0. The Morgan fingerprint density at radius 1 is 1.20 bits per heavy atom. The molecular formula is C13H25NO. The van der Waals surface area contributed by atoms with Crippen molar-refractivity contribution in [1.82, 2.24) is 5.32 Å². The van der Waals surface area contributed by atoms with E-state index in [-0.39, 0.29) is 0 Å². The second-order valence-electron chi connectivity index (χ2n) is 5.10. The number of rotatable bonds is 5. The minimum atomic E-state index is 0.505. The molecule has 2 fully saturated rings.